The van der Waals surface area contributed by atoms with Crippen LogP contribution in [0.1, 0.15) is 44.9 Å². The summed E-state index contributed by atoms with van der Waals surface area (Å²) >= 11 is 0. The van der Waals surface area contributed by atoms with Crippen molar-refractivity contribution in [3.8, 4) is 0 Å². The van der Waals surface area contributed by atoms with E-state index in [2.05, 4.69) is 10.3 Å². The molecule has 1 aliphatic heterocycles. The first kappa shape index (κ1) is 20.2. The second kappa shape index (κ2) is 7.81. The van der Waals surface area contributed by atoms with Gasteiger partial charge in [-0.25, -0.2) is 18.2 Å². The van der Waals surface area contributed by atoms with Gasteiger partial charge in [0.1, 0.15) is 11.6 Å². The minimum atomic E-state index is -0.665. The lowest BCUT2D eigenvalue weighted by Crippen LogP contribution is -2.31. The summed E-state index contributed by atoms with van der Waals surface area (Å²) in [4.78, 5) is 18.1. The number of fused-ring (bicyclic) bond motifs is 1. The normalized spacial score (nSPS) is 14.0. The van der Waals surface area contributed by atoms with E-state index < -0.39 is 17.5 Å². The summed E-state index contributed by atoms with van der Waals surface area (Å²) < 4.78 is 42.6. The number of aryl methyl sites for hydroxylation is 1. The number of hydrogen-bond donors (Lipinski definition) is 1. The van der Waals surface area contributed by atoms with E-state index in [9.17, 15) is 18.0 Å². The Kier molecular flexibility index (Phi) is 5.63. The van der Waals surface area contributed by atoms with Crippen molar-refractivity contribution in [2.75, 3.05) is 16.8 Å². The maximum absolute atomic E-state index is 14.6. The number of anilines is 2. The van der Waals surface area contributed by atoms with E-state index in [1.807, 2.05) is 20.8 Å². The second-order valence-corrected chi connectivity index (χ2v) is 8.30. The van der Waals surface area contributed by atoms with Gasteiger partial charge in [0.2, 0.25) is 5.91 Å². The molecule has 1 N–H and O–H groups in total. The zero-order valence-corrected chi connectivity index (χ0v) is 16.3. The number of aromatic nitrogens is 1. The van der Waals surface area contributed by atoms with Gasteiger partial charge in [-0.2, -0.15) is 0 Å². The number of rotatable bonds is 4. The number of pyridine rings is 1. The minimum absolute atomic E-state index is 0.0116. The quantitative estimate of drug-likeness (QED) is 0.812. The lowest BCUT2D eigenvalue weighted by molar-refractivity contribution is -0.117. The molecule has 0 spiro atoms. The smallest absolute Gasteiger partial charge is 0.226 e. The van der Waals surface area contributed by atoms with Crippen LogP contribution in [-0.2, 0) is 17.8 Å². The molecule has 1 aromatic carbocycles. The number of halogens is 3. The van der Waals surface area contributed by atoms with E-state index in [4.69, 9.17) is 0 Å². The molecule has 0 unspecified atom stereocenters. The number of carbonyl (C=O) groups is 1. The fraction of sp³-hybridized carbons (Fsp3) is 0.429. The Hall–Kier alpha value is -2.57. The van der Waals surface area contributed by atoms with Gasteiger partial charge in [-0.05, 0) is 30.4 Å². The highest BCUT2D eigenvalue weighted by Crippen LogP contribution is 2.31. The van der Waals surface area contributed by atoms with Crippen LogP contribution < -0.4 is 10.2 Å². The first-order valence-corrected chi connectivity index (χ1v) is 9.31. The summed E-state index contributed by atoms with van der Waals surface area (Å²) in [5, 5.41) is 2.54. The van der Waals surface area contributed by atoms with Crippen LogP contribution in [0.15, 0.2) is 24.3 Å². The van der Waals surface area contributed by atoms with Crippen LogP contribution in [-0.4, -0.2) is 17.4 Å². The summed E-state index contributed by atoms with van der Waals surface area (Å²) in [5.41, 5.74) is 0.823. The van der Waals surface area contributed by atoms with Crippen molar-refractivity contribution < 1.29 is 18.0 Å². The number of amides is 1. The predicted molar refractivity (Wildman–Crippen MR) is 103 cm³/mol. The van der Waals surface area contributed by atoms with Crippen LogP contribution in [0.5, 0.6) is 0 Å². The van der Waals surface area contributed by atoms with Gasteiger partial charge in [0.05, 0.1) is 11.4 Å². The Labute approximate surface area is 162 Å². The van der Waals surface area contributed by atoms with Crippen molar-refractivity contribution in [1.29, 1.82) is 0 Å². The fourth-order valence-electron chi connectivity index (χ4n) is 3.32. The summed E-state index contributed by atoms with van der Waals surface area (Å²) in [5.74, 6) is -2.34. The van der Waals surface area contributed by atoms with Crippen molar-refractivity contribution in [2.45, 2.75) is 46.6 Å². The van der Waals surface area contributed by atoms with Gasteiger partial charge < -0.3 is 10.2 Å². The molecule has 1 aromatic heterocycles. The molecular formula is C21H24F3N3O. The van der Waals surface area contributed by atoms with Crippen LogP contribution >= 0.6 is 0 Å². The third-order valence-corrected chi connectivity index (χ3v) is 4.57. The Morgan fingerprint density at radius 3 is 2.50 bits per heavy atom. The molecule has 0 aliphatic carbocycles. The van der Waals surface area contributed by atoms with Gasteiger partial charge in [-0.3, -0.25) is 4.79 Å². The number of nitrogens with one attached hydrogen (secondary N) is 1. The highest BCUT2D eigenvalue weighted by molar-refractivity contribution is 5.90. The van der Waals surface area contributed by atoms with Crippen LogP contribution in [0.25, 0.3) is 0 Å². The topological polar surface area (TPSA) is 45.2 Å². The molecule has 2 aromatic rings. The number of carbonyl (C=O) groups excluding carboxylic acids is 1. The molecule has 2 heterocycles. The molecule has 150 valence electrons. The van der Waals surface area contributed by atoms with Crippen molar-refractivity contribution in [2.24, 2.45) is 5.41 Å². The maximum Gasteiger partial charge on any atom is 0.226 e. The van der Waals surface area contributed by atoms with Crippen molar-refractivity contribution in [3.63, 3.8) is 0 Å². The molecular weight excluding hydrogens is 367 g/mol. The van der Waals surface area contributed by atoms with Crippen LogP contribution in [0, 0.1) is 22.9 Å². The number of nitrogens with zero attached hydrogens (tertiary/aromatic N) is 2. The highest BCUT2D eigenvalue weighted by Gasteiger charge is 2.24. The first-order chi connectivity index (χ1) is 13.1. The zero-order valence-electron chi connectivity index (χ0n) is 16.3. The average molecular weight is 391 g/mol. The van der Waals surface area contributed by atoms with E-state index in [0.29, 0.717) is 24.3 Å². The Bertz CT molecular complexity index is 873. The molecule has 3 rings (SSSR count). The summed E-state index contributed by atoms with van der Waals surface area (Å²) in [7, 11) is 0. The third kappa shape index (κ3) is 4.64. The van der Waals surface area contributed by atoms with Crippen molar-refractivity contribution >= 4 is 17.4 Å². The lowest BCUT2D eigenvalue weighted by Gasteiger charge is -2.31. The molecule has 4 nitrogen and oxygen atoms in total. The lowest BCUT2D eigenvalue weighted by atomic mass is 9.92. The standard InChI is InChI=1S/C21H24F3N3O/c1-21(2,3)11-19(28)26-20-16(24)10-18-17(25-20)8-5-9-27(18)12-13-14(22)6-4-7-15(13)23/h4,6-7,10H,5,8-9,11-12H2,1-3H3,(H,25,26,28). The van der Waals surface area contributed by atoms with Crippen LogP contribution in [0.3, 0.4) is 0 Å². The Morgan fingerprint density at radius 1 is 1.18 bits per heavy atom. The van der Waals surface area contributed by atoms with Gasteiger partial charge in [0, 0.05) is 31.1 Å². The Morgan fingerprint density at radius 2 is 1.86 bits per heavy atom. The first-order valence-electron chi connectivity index (χ1n) is 9.31. The molecule has 0 saturated carbocycles. The predicted octanol–water partition coefficient (Wildman–Crippen LogP) is 4.83. The van der Waals surface area contributed by atoms with Gasteiger partial charge in [-0.1, -0.05) is 26.8 Å². The molecule has 7 heteroatoms. The molecule has 1 amide bonds. The van der Waals surface area contributed by atoms with E-state index in [0.717, 1.165) is 6.42 Å². The fourth-order valence-corrected chi connectivity index (χ4v) is 3.32. The van der Waals surface area contributed by atoms with Crippen molar-refractivity contribution in [3.05, 3.63) is 53.0 Å². The zero-order chi connectivity index (χ0) is 20.5. The summed E-state index contributed by atoms with van der Waals surface area (Å²) in [6, 6.07) is 5.00. The van der Waals surface area contributed by atoms with E-state index in [1.54, 1.807) is 4.90 Å². The molecule has 28 heavy (non-hydrogen) atoms. The van der Waals surface area contributed by atoms with E-state index in [1.165, 1.54) is 24.3 Å². The Balaban J connectivity index is 1.85. The largest absolute Gasteiger partial charge is 0.365 e. The van der Waals surface area contributed by atoms with Crippen LogP contribution in [0.4, 0.5) is 24.7 Å². The van der Waals surface area contributed by atoms with E-state index >= 15 is 0 Å². The molecule has 0 radical (unpaired) electrons. The summed E-state index contributed by atoms with van der Waals surface area (Å²) in [6.45, 7) is 6.29. The molecule has 0 saturated heterocycles. The molecule has 0 fully saturated rings. The second-order valence-electron chi connectivity index (χ2n) is 8.30. The average Bonchev–Trinajstić information content (AvgIpc) is 2.57. The van der Waals surface area contributed by atoms with Crippen molar-refractivity contribution in [1.82, 2.24) is 4.98 Å². The third-order valence-electron chi connectivity index (χ3n) is 4.57. The summed E-state index contributed by atoms with van der Waals surface area (Å²) in [6.07, 6.45) is 1.56. The van der Waals surface area contributed by atoms with Crippen LogP contribution in [0.2, 0.25) is 0 Å². The van der Waals surface area contributed by atoms with Gasteiger partial charge in [0.15, 0.2) is 11.6 Å². The van der Waals surface area contributed by atoms with E-state index in [-0.39, 0.29) is 35.7 Å². The molecule has 0 bridgehead atoms. The highest BCUT2D eigenvalue weighted by atomic mass is 19.1. The van der Waals surface area contributed by atoms with Gasteiger partial charge in [-0.15, -0.1) is 0 Å². The van der Waals surface area contributed by atoms with Gasteiger partial charge in [0.25, 0.3) is 0 Å². The molecule has 0 atom stereocenters. The molecule has 1 aliphatic rings. The number of benzene rings is 1. The SMILES string of the molecule is CC(C)(C)CC(=O)Nc1nc2c(cc1F)N(Cc1c(F)cccc1F)CCC2. The minimum Gasteiger partial charge on any atom is -0.365 e. The monoisotopic (exact) mass is 391 g/mol. The maximum atomic E-state index is 14.6. The van der Waals surface area contributed by atoms with Gasteiger partial charge >= 0.3 is 0 Å². The number of hydrogen-bond acceptors (Lipinski definition) is 3.